The van der Waals surface area contributed by atoms with Crippen molar-refractivity contribution in [1.82, 2.24) is 14.8 Å². The molecule has 0 unspecified atom stereocenters. The van der Waals surface area contributed by atoms with Crippen molar-refractivity contribution in [3.63, 3.8) is 0 Å². The molecule has 5 heteroatoms. The number of nitrogens with two attached hydrogens (primary N) is 2. The van der Waals surface area contributed by atoms with Gasteiger partial charge in [-0.2, -0.15) is 5.10 Å². The fraction of sp³-hybridized carbons (Fsp3) is 0.250. The predicted molar refractivity (Wildman–Crippen MR) is 52.0 cm³/mol. The third-order valence-electron chi connectivity index (χ3n) is 1.94. The van der Waals surface area contributed by atoms with Crippen molar-refractivity contribution in [2.75, 3.05) is 11.5 Å². The van der Waals surface area contributed by atoms with Crippen LogP contribution in [0.1, 0.15) is 6.92 Å². The summed E-state index contributed by atoms with van der Waals surface area (Å²) in [5.74, 6) is 0.483. The van der Waals surface area contributed by atoms with Crippen LogP contribution in [0.15, 0.2) is 12.3 Å². The second kappa shape index (κ2) is 2.62. The first-order chi connectivity index (χ1) is 6.22. The molecule has 0 saturated carbocycles. The number of nitrogen functional groups attached to an aromatic ring is 2. The first kappa shape index (κ1) is 7.85. The average molecular weight is 177 g/mol. The molecule has 13 heavy (non-hydrogen) atoms. The van der Waals surface area contributed by atoms with Crippen molar-refractivity contribution in [3.8, 4) is 0 Å². The van der Waals surface area contributed by atoms with Crippen LogP contribution in [-0.4, -0.2) is 14.8 Å². The molecule has 0 bridgehead atoms. The highest BCUT2D eigenvalue weighted by molar-refractivity contribution is 5.88. The highest BCUT2D eigenvalue weighted by atomic mass is 15.3. The quantitative estimate of drug-likeness (QED) is 0.668. The molecule has 0 saturated heterocycles. The highest BCUT2D eigenvalue weighted by Crippen LogP contribution is 2.20. The standard InChI is InChI=1S/C8H11N5/c1-2-13-8-6(7(10)12-13)3-5(9)4-11-8/h3-4H,2,9H2,1H3,(H2,10,12). The van der Waals surface area contributed by atoms with Gasteiger partial charge in [0.05, 0.1) is 17.3 Å². The number of nitrogens with zero attached hydrogens (tertiary/aromatic N) is 3. The largest absolute Gasteiger partial charge is 0.397 e. The van der Waals surface area contributed by atoms with E-state index in [1.54, 1.807) is 16.9 Å². The van der Waals surface area contributed by atoms with Crippen LogP contribution >= 0.6 is 0 Å². The number of aryl methyl sites for hydroxylation is 1. The number of fused-ring (bicyclic) bond motifs is 1. The van der Waals surface area contributed by atoms with Gasteiger partial charge in [0.15, 0.2) is 11.5 Å². The zero-order valence-electron chi connectivity index (χ0n) is 7.36. The predicted octanol–water partition coefficient (Wildman–Crippen LogP) is 0.616. The lowest BCUT2D eigenvalue weighted by Crippen LogP contribution is -1.98. The zero-order valence-corrected chi connectivity index (χ0v) is 7.36. The SMILES string of the molecule is CCn1nc(N)c2cc(N)cnc21. The molecule has 0 atom stereocenters. The fourth-order valence-electron chi connectivity index (χ4n) is 1.32. The van der Waals surface area contributed by atoms with Gasteiger partial charge >= 0.3 is 0 Å². The maximum atomic E-state index is 5.69. The Morgan fingerprint density at radius 2 is 2.23 bits per heavy atom. The highest BCUT2D eigenvalue weighted by Gasteiger charge is 2.07. The third-order valence-corrected chi connectivity index (χ3v) is 1.94. The molecule has 4 N–H and O–H groups in total. The lowest BCUT2D eigenvalue weighted by Gasteiger charge is -1.96. The summed E-state index contributed by atoms with van der Waals surface area (Å²) in [6.45, 7) is 2.74. The van der Waals surface area contributed by atoms with Gasteiger partial charge < -0.3 is 11.5 Å². The number of rotatable bonds is 1. The van der Waals surface area contributed by atoms with Crippen molar-refractivity contribution in [2.24, 2.45) is 0 Å². The summed E-state index contributed by atoms with van der Waals surface area (Å²) in [7, 11) is 0. The normalized spacial score (nSPS) is 10.8. The first-order valence-corrected chi connectivity index (χ1v) is 4.10. The summed E-state index contributed by atoms with van der Waals surface area (Å²) in [5.41, 5.74) is 12.7. The molecule has 0 radical (unpaired) electrons. The third kappa shape index (κ3) is 1.09. The molecule has 0 amide bonds. The lowest BCUT2D eigenvalue weighted by molar-refractivity contribution is 0.680. The molecule has 68 valence electrons. The Morgan fingerprint density at radius 1 is 1.46 bits per heavy atom. The van der Waals surface area contributed by atoms with E-state index in [9.17, 15) is 0 Å². The van der Waals surface area contributed by atoms with Crippen LogP contribution in [0.3, 0.4) is 0 Å². The molecule has 0 aliphatic carbocycles. The van der Waals surface area contributed by atoms with E-state index >= 15 is 0 Å². The van der Waals surface area contributed by atoms with E-state index in [1.165, 1.54) is 0 Å². The molecule has 5 nitrogen and oxygen atoms in total. The molecule has 0 aromatic carbocycles. The smallest absolute Gasteiger partial charge is 0.160 e. The van der Waals surface area contributed by atoms with Crippen LogP contribution in [0.2, 0.25) is 0 Å². The molecule has 0 fully saturated rings. The van der Waals surface area contributed by atoms with Crippen molar-refractivity contribution in [2.45, 2.75) is 13.5 Å². The maximum absolute atomic E-state index is 5.69. The summed E-state index contributed by atoms with van der Waals surface area (Å²) in [6, 6.07) is 1.79. The van der Waals surface area contributed by atoms with Crippen molar-refractivity contribution in [3.05, 3.63) is 12.3 Å². The van der Waals surface area contributed by atoms with Crippen LogP contribution in [0.4, 0.5) is 11.5 Å². The van der Waals surface area contributed by atoms with Gasteiger partial charge in [0.25, 0.3) is 0 Å². The van der Waals surface area contributed by atoms with E-state index in [-0.39, 0.29) is 0 Å². The molecule has 2 heterocycles. The lowest BCUT2D eigenvalue weighted by atomic mass is 10.3. The number of hydrogen-bond acceptors (Lipinski definition) is 4. The van der Waals surface area contributed by atoms with Gasteiger partial charge in [-0.1, -0.05) is 0 Å². The molecule has 2 rings (SSSR count). The van der Waals surface area contributed by atoms with E-state index in [2.05, 4.69) is 10.1 Å². The molecule has 2 aromatic heterocycles. The molecule has 0 spiro atoms. The first-order valence-electron chi connectivity index (χ1n) is 4.10. The average Bonchev–Trinajstić information content (AvgIpc) is 2.43. The Bertz CT molecular complexity index is 445. The van der Waals surface area contributed by atoms with Crippen molar-refractivity contribution in [1.29, 1.82) is 0 Å². The summed E-state index contributed by atoms with van der Waals surface area (Å²) >= 11 is 0. The van der Waals surface area contributed by atoms with Gasteiger partial charge in [-0.15, -0.1) is 0 Å². The van der Waals surface area contributed by atoms with E-state index in [0.717, 1.165) is 17.6 Å². The van der Waals surface area contributed by atoms with Gasteiger partial charge in [-0.25, -0.2) is 9.67 Å². The molecule has 0 aliphatic heterocycles. The van der Waals surface area contributed by atoms with Gasteiger partial charge in [0, 0.05) is 6.54 Å². The summed E-state index contributed by atoms with van der Waals surface area (Å²) in [6.07, 6.45) is 1.61. The van der Waals surface area contributed by atoms with Gasteiger partial charge in [0.1, 0.15) is 0 Å². The molecular weight excluding hydrogens is 166 g/mol. The van der Waals surface area contributed by atoms with Gasteiger partial charge in [0.2, 0.25) is 0 Å². The fourth-order valence-corrected chi connectivity index (χ4v) is 1.32. The monoisotopic (exact) mass is 177 g/mol. The summed E-state index contributed by atoms with van der Waals surface area (Å²) < 4.78 is 1.75. The van der Waals surface area contributed by atoms with E-state index in [0.29, 0.717) is 11.5 Å². The number of aromatic nitrogens is 3. The van der Waals surface area contributed by atoms with Crippen molar-refractivity contribution < 1.29 is 0 Å². The Labute approximate surface area is 75.3 Å². The minimum Gasteiger partial charge on any atom is -0.397 e. The van der Waals surface area contributed by atoms with Gasteiger partial charge in [-0.3, -0.25) is 0 Å². The number of anilines is 2. The summed E-state index contributed by atoms with van der Waals surface area (Å²) in [5, 5.41) is 4.95. The molecule has 0 aliphatic rings. The zero-order chi connectivity index (χ0) is 9.42. The molecular formula is C8H11N5. The minimum absolute atomic E-state index is 0.483. The van der Waals surface area contributed by atoms with Crippen LogP contribution in [0.25, 0.3) is 11.0 Å². The summed E-state index contributed by atoms with van der Waals surface area (Å²) in [4.78, 5) is 4.17. The van der Waals surface area contributed by atoms with E-state index in [4.69, 9.17) is 11.5 Å². The van der Waals surface area contributed by atoms with Gasteiger partial charge in [-0.05, 0) is 13.0 Å². The van der Waals surface area contributed by atoms with E-state index < -0.39 is 0 Å². The van der Waals surface area contributed by atoms with Crippen molar-refractivity contribution >= 4 is 22.5 Å². The number of pyridine rings is 1. The maximum Gasteiger partial charge on any atom is 0.160 e. The Balaban J connectivity index is 2.80. The Kier molecular flexibility index (Phi) is 1.58. The Morgan fingerprint density at radius 3 is 2.92 bits per heavy atom. The minimum atomic E-state index is 0.483. The van der Waals surface area contributed by atoms with Crippen LogP contribution in [0, 0.1) is 0 Å². The van der Waals surface area contributed by atoms with E-state index in [1.807, 2.05) is 6.92 Å². The van der Waals surface area contributed by atoms with Crippen LogP contribution < -0.4 is 11.5 Å². The Hall–Kier alpha value is -1.78. The van der Waals surface area contributed by atoms with Crippen LogP contribution in [-0.2, 0) is 6.54 Å². The van der Waals surface area contributed by atoms with Crippen LogP contribution in [0.5, 0.6) is 0 Å². The topological polar surface area (TPSA) is 82.8 Å². The molecule has 2 aromatic rings. The second-order valence-electron chi connectivity index (χ2n) is 2.84. The number of hydrogen-bond donors (Lipinski definition) is 2. The second-order valence-corrected chi connectivity index (χ2v) is 2.84.